The first-order chi connectivity index (χ1) is 8.24. The van der Waals surface area contributed by atoms with Crippen LogP contribution in [0.3, 0.4) is 0 Å². The van der Waals surface area contributed by atoms with E-state index in [4.69, 9.17) is 5.73 Å². The molecule has 1 aromatic heterocycles. The van der Waals surface area contributed by atoms with Gasteiger partial charge in [0.05, 0.1) is 5.52 Å². The number of para-hydroxylation sites is 1. The molecule has 0 saturated carbocycles. The summed E-state index contributed by atoms with van der Waals surface area (Å²) in [4.78, 5) is 0. The summed E-state index contributed by atoms with van der Waals surface area (Å²) in [5.74, 6) is 0.263. The molecule has 90 valence electrons. The molecule has 1 heterocycles. The van der Waals surface area contributed by atoms with E-state index in [1.54, 1.807) is 6.07 Å². The molecular formula is C14H17FN2. The van der Waals surface area contributed by atoms with Gasteiger partial charge in [-0.25, -0.2) is 4.39 Å². The second-order valence-electron chi connectivity index (χ2n) is 4.88. The highest BCUT2D eigenvalue weighted by Gasteiger charge is 2.26. The normalized spacial score (nSPS) is 19.6. The molecule has 17 heavy (non-hydrogen) atoms. The number of hydrogen-bond donors (Lipinski definition) is 1. The Bertz CT molecular complexity index is 571. The molecule has 2 nitrogen and oxygen atoms in total. The van der Waals surface area contributed by atoms with Gasteiger partial charge in [0.1, 0.15) is 5.82 Å². The molecule has 0 radical (unpaired) electrons. The molecule has 1 aromatic carbocycles. The Morgan fingerprint density at radius 3 is 3.06 bits per heavy atom. The summed E-state index contributed by atoms with van der Waals surface area (Å²) in [6, 6.07) is 5.34. The van der Waals surface area contributed by atoms with Gasteiger partial charge < -0.3 is 10.3 Å². The van der Waals surface area contributed by atoms with E-state index >= 15 is 0 Å². The third kappa shape index (κ3) is 1.42. The lowest BCUT2D eigenvalue weighted by molar-refractivity contribution is 0.548. The zero-order chi connectivity index (χ0) is 12.0. The fourth-order valence-electron chi connectivity index (χ4n) is 3.20. The summed E-state index contributed by atoms with van der Waals surface area (Å²) in [6.45, 7) is 0.655. The molecule has 0 spiro atoms. The minimum absolute atomic E-state index is 0.129. The Morgan fingerprint density at radius 1 is 1.47 bits per heavy atom. The average Bonchev–Trinajstić information content (AvgIpc) is 2.65. The van der Waals surface area contributed by atoms with E-state index in [2.05, 4.69) is 0 Å². The van der Waals surface area contributed by atoms with Gasteiger partial charge in [-0.2, -0.15) is 0 Å². The van der Waals surface area contributed by atoms with E-state index in [1.807, 2.05) is 17.7 Å². The number of aryl methyl sites for hydroxylation is 1. The number of nitrogens with two attached hydrogens (primary N) is 1. The molecule has 0 fully saturated rings. The van der Waals surface area contributed by atoms with Gasteiger partial charge in [0, 0.05) is 18.1 Å². The molecular weight excluding hydrogens is 215 g/mol. The Labute approximate surface area is 100 Å². The van der Waals surface area contributed by atoms with Crippen LogP contribution >= 0.6 is 0 Å². The van der Waals surface area contributed by atoms with Crippen LogP contribution in [-0.2, 0) is 13.5 Å². The summed E-state index contributed by atoms with van der Waals surface area (Å²) < 4.78 is 15.9. The maximum Gasteiger partial charge on any atom is 0.147 e. The van der Waals surface area contributed by atoms with Crippen LogP contribution in [0.4, 0.5) is 4.39 Å². The summed E-state index contributed by atoms with van der Waals surface area (Å²) in [5.41, 5.74) is 9.15. The summed E-state index contributed by atoms with van der Waals surface area (Å²) >= 11 is 0. The molecule has 0 amide bonds. The average molecular weight is 232 g/mol. The molecule has 3 rings (SSSR count). The van der Waals surface area contributed by atoms with Crippen molar-refractivity contribution in [3.05, 3.63) is 35.3 Å². The van der Waals surface area contributed by atoms with Crippen molar-refractivity contribution in [2.45, 2.75) is 25.2 Å². The van der Waals surface area contributed by atoms with Crippen LogP contribution in [0.15, 0.2) is 18.2 Å². The Hall–Kier alpha value is -1.35. The lowest BCUT2D eigenvalue weighted by Gasteiger charge is -2.22. The van der Waals surface area contributed by atoms with E-state index in [1.165, 1.54) is 17.3 Å². The zero-order valence-corrected chi connectivity index (χ0v) is 10.0. The maximum absolute atomic E-state index is 13.9. The molecule has 1 unspecified atom stereocenters. The number of rotatable bonds is 1. The zero-order valence-electron chi connectivity index (χ0n) is 10.0. The topological polar surface area (TPSA) is 30.9 Å². The van der Waals surface area contributed by atoms with Crippen LogP contribution in [0.1, 0.15) is 30.0 Å². The molecule has 0 bridgehead atoms. The number of fused-ring (bicyclic) bond motifs is 3. The van der Waals surface area contributed by atoms with E-state index < -0.39 is 0 Å². The number of nitrogens with zero attached hydrogens (tertiary/aromatic N) is 1. The van der Waals surface area contributed by atoms with E-state index in [-0.39, 0.29) is 5.82 Å². The second-order valence-corrected chi connectivity index (χ2v) is 4.88. The number of benzene rings is 1. The predicted molar refractivity (Wildman–Crippen MR) is 67.6 cm³/mol. The quantitative estimate of drug-likeness (QED) is 0.805. The van der Waals surface area contributed by atoms with Crippen molar-refractivity contribution in [2.75, 3.05) is 6.54 Å². The van der Waals surface area contributed by atoms with E-state index in [0.717, 1.165) is 30.2 Å². The number of hydrogen-bond acceptors (Lipinski definition) is 1. The van der Waals surface area contributed by atoms with Crippen LogP contribution in [0.5, 0.6) is 0 Å². The molecule has 1 atom stereocenters. The first-order valence-corrected chi connectivity index (χ1v) is 6.19. The largest absolute Gasteiger partial charge is 0.345 e. The van der Waals surface area contributed by atoms with Gasteiger partial charge >= 0.3 is 0 Å². The van der Waals surface area contributed by atoms with Crippen LogP contribution in [0.25, 0.3) is 10.9 Å². The minimum atomic E-state index is -0.129. The van der Waals surface area contributed by atoms with Gasteiger partial charge in [-0.1, -0.05) is 12.1 Å². The second kappa shape index (κ2) is 3.84. The highest BCUT2D eigenvalue weighted by molar-refractivity contribution is 5.87. The number of halogens is 1. The van der Waals surface area contributed by atoms with E-state index in [0.29, 0.717) is 12.5 Å². The first-order valence-electron chi connectivity index (χ1n) is 6.19. The van der Waals surface area contributed by atoms with Crippen molar-refractivity contribution in [1.82, 2.24) is 4.57 Å². The lowest BCUT2D eigenvalue weighted by Crippen LogP contribution is -2.18. The monoisotopic (exact) mass is 232 g/mol. The van der Waals surface area contributed by atoms with Gasteiger partial charge in [0.25, 0.3) is 0 Å². The minimum Gasteiger partial charge on any atom is -0.345 e. The molecule has 1 aliphatic carbocycles. The Morgan fingerprint density at radius 2 is 2.29 bits per heavy atom. The Kier molecular flexibility index (Phi) is 2.44. The third-order valence-corrected chi connectivity index (χ3v) is 3.99. The lowest BCUT2D eigenvalue weighted by atomic mass is 9.85. The van der Waals surface area contributed by atoms with Gasteiger partial charge in [-0.15, -0.1) is 0 Å². The van der Waals surface area contributed by atoms with Gasteiger partial charge in [0.2, 0.25) is 0 Å². The van der Waals surface area contributed by atoms with E-state index in [9.17, 15) is 4.39 Å². The van der Waals surface area contributed by atoms with Crippen molar-refractivity contribution in [2.24, 2.45) is 12.8 Å². The summed E-state index contributed by atoms with van der Waals surface area (Å²) in [5, 5.41) is 1.05. The van der Waals surface area contributed by atoms with Crippen LogP contribution < -0.4 is 5.73 Å². The van der Waals surface area contributed by atoms with Gasteiger partial charge in [0.15, 0.2) is 0 Å². The fraction of sp³-hybridized carbons (Fsp3) is 0.429. The van der Waals surface area contributed by atoms with Crippen molar-refractivity contribution in [3.63, 3.8) is 0 Å². The fourth-order valence-corrected chi connectivity index (χ4v) is 3.20. The van der Waals surface area contributed by atoms with Crippen molar-refractivity contribution in [1.29, 1.82) is 0 Å². The summed E-state index contributed by atoms with van der Waals surface area (Å²) in [6.07, 6.45) is 3.32. The van der Waals surface area contributed by atoms with Crippen LogP contribution in [0, 0.1) is 5.82 Å². The summed E-state index contributed by atoms with van der Waals surface area (Å²) in [7, 11) is 1.96. The molecule has 3 heteroatoms. The van der Waals surface area contributed by atoms with Gasteiger partial charge in [-0.3, -0.25) is 0 Å². The standard InChI is InChI=1S/C14H17FN2/c1-17-12-7-2-4-9(8-16)13(12)10-5-3-6-11(15)14(10)17/h3,5-6,9H,2,4,7-8,16H2,1H3. The SMILES string of the molecule is Cn1c2c(c3cccc(F)c31)C(CN)CCC2. The van der Waals surface area contributed by atoms with Crippen molar-refractivity contribution >= 4 is 10.9 Å². The molecule has 2 N–H and O–H groups in total. The number of aromatic nitrogens is 1. The third-order valence-electron chi connectivity index (χ3n) is 3.99. The Balaban J connectivity index is 2.38. The molecule has 0 saturated heterocycles. The van der Waals surface area contributed by atoms with Crippen LogP contribution in [0.2, 0.25) is 0 Å². The molecule has 1 aliphatic rings. The highest BCUT2D eigenvalue weighted by Crippen LogP contribution is 2.38. The first kappa shape index (κ1) is 10.8. The maximum atomic E-state index is 13.9. The predicted octanol–water partition coefficient (Wildman–Crippen LogP) is 2.70. The van der Waals surface area contributed by atoms with Crippen LogP contribution in [-0.4, -0.2) is 11.1 Å². The van der Waals surface area contributed by atoms with Crippen molar-refractivity contribution in [3.8, 4) is 0 Å². The van der Waals surface area contributed by atoms with Gasteiger partial charge in [-0.05, 0) is 43.4 Å². The molecule has 0 aliphatic heterocycles. The van der Waals surface area contributed by atoms with Crippen molar-refractivity contribution < 1.29 is 4.39 Å². The molecule has 2 aromatic rings. The smallest absolute Gasteiger partial charge is 0.147 e. The highest BCUT2D eigenvalue weighted by atomic mass is 19.1.